The monoisotopic (exact) mass is 331 g/mol. The van der Waals surface area contributed by atoms with Crippen LogP contribution in [0.1, 0.15) is 32.1 Å². The Balaban J connectivity index is 2.28. The highest BCUT2D eigenvalue weighted by molar-refractivity contribution is 6.24. The second-order valence-corrected chi connectivity index (χ2v) is 5.43. The lowest BCUT2D eigenvalue weighted by Gasteiger charge is -2.17. The SMILES string of the molecule is COC(=O)CCC(O)=C1C(=O)CCCC1=Nc1ccc(OC)cc1. The fraction of sp³-hybridized carbons (Fsp3) is 0.389. The van der Waals surface area contributed by atoms with Crippen LogP contribution in [0.2, 0.25) is 0 Å². The van der Waals surface area contributed by atoms with Crippen LogP contribution >= 0.6 is 0 Å². The molecule has 2 rings (SSSR count). The smallest absolute Gasteiger partial charge is 0.305 e. The highest BCUT2D eigenvalue weighted by Crippen LogP contribution is 2.26. The van der Waals surface area contributed by atoms with Crippen molar-refractivity contribution in [1.82, 2.24) is 0 Å². The number of nitrogens with zero attached hydrogens (tertiary/aromatic N) is 1. The molecule has 1 saturated carbocycles. The van der Waals surface area contributed by atoms with Gasteiger partial charge in [-0.15, -0.1) is 0 Å². The van der Waals surface area contributed by atoms with Gasteiger partial charge in [0.05, 0.1) is 37.6 Å². The molecule has 1 aromatic carbocycles. The summed E-state index contributed by atoms with van der Waals surface area (Å²) in [4.78, 5) is 27.9. The number of methoxy groups -OCH3 is 2. The molecule has 0 aromatic heterocycles. The molecule has 1 aliphatic carbocycles. The lowest BCUT2D eigenvalue weighted by atomic mass is 9.89. The Kier molecular flexibility index (Phi) is 6.12. The number of esters is 1. The minimum absolute atomic E-state index is 0.0227. The molecule has 0 atom stereocenters. The first-order valence-corrected chi connectivity index (χ1v) is 7.79. The lowest BCUT2D eigenvalue weighted by molar-refractivity contribution is -0.140. The first-order valence-electron chi connectivity index (χ1n) is 7.79. The van der Waals surface area contributed by atoms with Crippen LogP contribution in [0.4, 0.5) is 5.69 Å². The van der Waals surface area contributed by atoms with Gasteiger partial charge >= 0.3 is 5.97 Å². The molecule has 6 nitrogen and oxygen atoms in total. The van der Waals surface area contributed by atoms with Crippen LogP contribution in [-0.4, -0.2) is 36.8 Å². The number of aliphatic hydroxyl groups is 1. The van der Waals surface area contributed by atoms with Gasteiger partial charge in [0.1, 0.15) is 11.5 Å². The zero-order valence-electron chi connectivity index (χ0n) is 13.9. The Morgan fingerprint density at radius 3 is 2.50 bits per heavy atom. The molecule has 0 radical (unpaired) electrons. The summed E-state index contributed by atoms with van der Waals surface area (Å²) >= 11 is 0. The van der Waals surface area contributed by atoms with E-state index in [-0.39, 0.29) is 30.0 Å². The Hall–Kier alpha value is -2.63. The summed E-state index contributed by atoms with van der Waals surface area (Å²) in [5.41, 5.74) is 1.47. The van der Waals surface area contributed by atoms with Crippen molar-refractivity contribution >= 4 is 23.2 Å². The van der Waals surface area contributed by atoms with E-state index in [0.717, 1.165) is 5.75 Å². The van der Waals surface area contributed by atoms with E-state index in [4.69, 9.17) is 4.74 Å². The minimum Gasteiger partial charge on any atom is -0.511 e. The number of hydrogen-bond donors (Lipinski definition) is 1. The van der Waals surface area contributed by atoms with E-state index in [9.17, 15) is 14.7 Å². The Morgan fingerprint density at radius 2 is 1.88 bits per heavy atom. The van der Waals surface area contributed by atoms with Crippen molar-refractivity contribution in [2.75, 3.05) is 14.2 Å². The topological polar surface area (TPSA) is 85.2 Å². The van der Waals surface area contributed by atoms with Crippen LogP contribution in [0.15, 0.2) is 40.6 Å². The molecule has 0 bridgehead atoms. The molecule has 1 aliphatic rings. The van der Waals surface area contributed by atoms with Crippen molar-refractivity contribution < 1.29 is 24.2 Å². The number of ketones is 1. The van der Waals surface area contributed by atoms with Gasteiger partial charge in [-0.3, -0.25) is 14.6 Å². The normalized spacial score (nSPS) is 18.4. The van der Waals surface area contributed by atoms with Gasteiger partial charge in [-0.1, -0.05) is 0 Å². The maximum Gasteiger partial charge on any atom is 0.305 e. The molecule has 0 unspecified atom stereocenters. The maximum absolute atomic E-state index is 12.2. The third-order valence-corrected chi connectivity index (χ3v) is 3.80. The summed E-state index contributed by atoms with van der Waals surface area (Å²) in [6.45, 7) is 0. The van der Waals surface area contributed by atoms with E-state index < -0.39 is 5.97 Å². The molecule has 128 valence electrons. The number of Topliss-reactive ketones (excluding diaryl/α,β-unsaturated/α-hetero) is 1. The van der Waals surface area contributed by atoms with Crippen molar-refractivity contribution in [3.8, 4) is 5.75 Å². The number of ether oxygens (including phenoxy) is 2. The van der Waals surface area contributed by atoms with Crippen LogP contribution in [0.5, 0.6) is 5.75 Å². The Labute approximate surface area is 140 Å². The van der Waals surface area contributed by atoms with Crippen molar-refractivity contribution in [3.05, 3.63) is 35.6 Å². The summed E-state index contributed by atoms with van der Waals surface area (Å²) in [6.07, 6.45) is 1.76. The minimum atomic E-state index is -0.431. The van der Waals surface area contributed by atoms with Crippen LogP contribution < -0.4 is 4.74 Å². The van der Waals surface area contributed by atoms with Crippen LogP contribution in [0, 0.1) is 0 Å². The molecule has 6 heteroatoms. The van der Waals surface area contributed by atoms with Gasteiger partial charge in [0.2, 0.25) is 0 Å². The van der Waals surface area contributed by atoms with Gasteiger partial charge in [0, 0.05) is 12.8 Å². The number of aliphatic imine (C=N–C) groups is 1. The quantitative estimate of drug-likeness (QED) is 0.508. The zero-order chi connectivity index (χ0) is 17.5. The summed E-state index contributed by atoms with van der Waals surface area (Å²) in [6, 6.07) is 7.14. The van der Waals surface area contributed by atoms with Gasteiger partial charge in [0.15, 0.2) is 5.78 Å². The highest BCUT2D eigenvalue weighted by Gasteiger charge is 2.25. The number of carbonyl (C=O) groups is 2. The number of hydrogen-bond acceptors (Lipinski definition) is 6. The fourth-order valence-corrected chi connectivity index (χ4v) is 2.53. The van der Waals surface area contributed by atoms with Gasteiger partial charge in [-0.05, 0) is 37.1 Å². The zero-order valence-corrected chi connectivity index (χ0v) is 13.9. The van der Waals surface area contributed by atoms with E-state index in [1.165, 1.54) is 7.11 Å². The second-order valence-electron chi connectivity index (χ2n) is 5.43. The maximum atomic E-state index is 12.2. The third-order valence-electron chi connectivity index (χ3n) is 3.80. The van der Waals surface area contributed by atoms with Crippen LogP contribution in [0.3, 0.4) is 0 Å². The average molecular weight is 331 g/mol. The number of rotatable bonds is 5. The first-order chi connectivity index (χ1) is 11.5. The van der Waals surface area contributed by atoms with E-state index >= 15 is 0 Å². The molecule has 0 heterocycles. The molecular formula is C18H21NO5. The molecule has 0 spiro atoms. The summed E-state index contributed by atoms with van der Waals surface area (Å²) in [7, 11) is 2.87. The van der Waals surface area contributed by atoms with Gasteiger partial charge < -0.3 is 14.6 Å². The summed E-state index contributed by atoms with van der Waals surface area (Å²) in [5.74, 6) is 0.0441. The second kappa shape index (κ2) is 8.29. The standard InChI is InChI=1S/C18H21NO5/c1-23-13-8-6-12(7-9-13)19-14-4-3-5-15(20)18(14)16(21)10-11-17(22)24-2/h6-9,21H,3-5,10-11H2,1-2H3. The molecule has 0 aliphatic heterocycles. The van der Waals surface area contributed by atoms with Crippen LogP contribution in [0.25, 0.3) is 0 Å². The highest BCUT2D eigenvalue weighted by atomic mass is 16.5. The number of aliphatic hydroxyl groups excluding tert-OH is 1. The van der Waals surface area contributed by atoms with Gasteiger partial charge in [-0.2, -0.15) is 0 Å². The van der Waals surface area contributed by atoms with Crippen molar-refractivity contribution in [1.29, 1.82) is 0 Å². The van der Waals surface area contributed by atoms with E-state index in [1.807, 2.05) is 0 Å². The molecular weight excluding hydrogens is 310 g/mol. The molecule has 0 amide bonds. The molecule has 1 fully saturated rings. The average Bonchev–Trinajstić information content (AvgIpc) is 2.60. The van der Waals surface area contributed by atoms with E-state index in [2.05, 4.69) is 9.73 Å². The van der Waals surface area contributed by atoms with Crippen molar-refractivity contribution in [2.24, 2.45) is 4.99 Å². The van der Waals surface area contributed by atoms with Crippen LogP contribution in [-0.2, 0) is 14.3 Å². The third kappa shape index (κ3) is 4.44. The molecule has 24 heavy (non-hydrogen) atoms. The number of carbonyl (C=O) groups excluding carboxylic acids is 2. The predicted octanol–water partition coefficient (Wildman–Crippen LogP) is 3.29. The van der Waals surface area contributed by atoms with Gasteiger partial charge in [-0.25, -0.2) is 0 Å². The predicted molar refractivity (Wildman–Crippen MR) is 89.9 cm³/mol. The lowest BCUT2D eigenvalue weighted by Crippen LogP contribution is -2.21. The Bertz CT molecular complexity index is 673. The van der Waals surface area contributed by atoms with E-state index in [1.54, 1.807) is 31.4 Å². The molecule has 1 N–H and O–H groups in total. The summed E-state index contributed by atoms with van der Waals surface area (Å²) in [5, 5.41) is 10.3. The number of benzene rings is 1. The Morgan fingerprint density at radius 1 is 1.17 bits per heavy atom. The largest absolute Gasteiger partial charge is 0.511 e. The van der Waals surface area contributed by atoms with Crippen molar-refractivity contribution in [2.45, 2.75) is 32.1 Å². The first kappa shape index (κ1) is 17.7. The molecule has 0 saturated heterocycles. The summed E-state index contributed by atoms with van der Waals surface area (Å²) < 4.78 is 9.66. The fourth-order valence-electron chi connectivity index (χ4n) is 2.53. The van der Waals surface area contributed by atoms with Gasteiger partial charge in [0.25, 0.3) is 0 Å². The number of allylic oxidation sites excluding steroid dienone is 2. The van der Waals surface area contributed by atoms with Crippen molar-refractivity contribution in [3.63, 3.8) is 0 Å². The van der Waals surface area contributed by atoms with E-state index in [0.29, 0.717) is 30.7 Å². The molecule has 1 aromatic rings.